The van der Waals surface area contributed by atoms with E-state index in [1.807, 2.05) is 6.92 Å². The maximum Gasteiger partial charge on any atom is 0.191 e. The van der Waals surface area contributed by atoms with Gasteiger partial charge in [-0.2, -0.15) is 0 Å². The predicted molar refractivity (Wildman–Crippen MR) is 74.8 cm³/mol. The molecule has 1 aliphatic carbocycles. The van der Waals surface area contributed by atoms with Crippen LogP contribution in [-0.4, -0.2) is 27.3 Å². The lowest BCUT2D eigenvalue weighted by atomic mass is 9.93. The molecule has 0 aliphatic heterocycles. The van der Waals surface area contributed by atoms with E-state index >= 15 is 0 Å². The van der Waals surface area contributed by atoms with Crippen LogP contribution in [0.25, 0.3) is 0 Å². The van der Waals surface area contributed by atoms with Gasteiger partial charge in [-0.1, -0.05) is 34.6 Å². The summed E-state index contributed by atoms with van der Waals surface area (Å²) < 4.78 is 33.6. The van der Waals surface area contributed by atoms with Crippen molar-refractivity contribution in [3.8, 4) is 0 Å². The maximum absolute atomic E-state index is 13.9. The Morgan fingerprint density at radius 2 is 1.50 bits per heavy atom. The Balaban J connectivity index is 2.65. The molecule has 0 radical (unpaired) electrons. The summed E-state index contributed by atoms with van der Waals surface area (Å²) in [4.78, 5) is 0. The molecule has 1 nitrogen and oxygen atoms in total. The van der Waals surface area contributed by atoms with E-state index in [2.05, 4.69) is 33.9 Å². The Labute approximate surface area is 111 Å². The van der Waals surface area contributed by atoms with Crippen LogP contribution in [0.4, 0.5) is 8.78 Å². The van der Waals surface area contributed by atoms with E-state index in [4.69, 9.17) is 4.43 Å². The summed E-state index contributed by atoms with van der Waals surface area (Å²) in [5.74, 6) is -0.433. The van der Waals surface area contributed by atoms with Gasteiger partial charge in [0.2, 0.25) is 0 Å². The van der Waals surface area contributed by atoms with Crippen molar-refractivity contribution in [2.24, 2.45) is 17.8 Å². The van der Waals surface area contributed by atoms with E-state index in [-0.39, 0.29) is 22.8 Å². The first-order valence-corrected chi connectivity index (χ1v) is 9.82. The first-order chi connectivity index (χ1) is 7.99. The van der Waals surface area contributed by atoms with Gasteiger partial charge in [0.15, 0.2) is 8.32 Å². The second-order valence-corrected chi connectivity index (χ2v) is 12.2. The van der Waals surface area contributed by atoms with Gasteiger partial charge < -0.3 is 4.43 Å². The number of halogens is 2. The molecule has 0 amide bonds. The van der Waals surface area contributed by atoms with Crippen molar-refractivity contribution in [1.82, 2.24) is 0 Å². The Morgan fingerprint density at radius 1 is 1.00 bits per heavy atom. The minimum Gasteiger partial charge on any atom is -0.416 e. The van der Waals surface area contributed by atoms with E-state index in [1.165, 1.54) is 0 Å². The van der Waals surface area contributed by atoms with Crippen LogP contribution in [0.5, 0.6) is 0 Å². The molecular weight excluding hydrogens is 250 g/mol. The highest BCUT2D eigenvalue weighted by Gasteiger charge is 2.48. The quantitative estimate of drug-likeness (QED) is 0.686. The first-order valence-electron chi connectivity index (χ1n) is 6.91. The van der Waals surface area contributed by atoms with Gasteiger partial charge in [0, 0.05) is 12.5 Å². The Morgan fingerprint density at radius 3 is 1.83 bits per heavy atom. The molecule has 0 aromatic rings. The van der Waals surface area contributed by atoms with Crippen molar-refractivity contribution < 1.29 is 13.2 Å². The van der Waals surface area contributed by atoms with Crippen molar-refractivity contribution in [1.29, 1.82) is 0 Å². The molecule has 1 rings (SSSR count). The average molecular weight is 278 g/mol. The lowest BCUT2D eigenvalue weighted by Crippen LogP contribution is -2.43. The molecule has 1 fully saturated rings. The summed E-state index contributed by atoms with van der Waals surface area (Å²) in [6.07, 6.45) is -2.69. The molecule has 108 valence electrons. The van der Waals surface area contributed by atoms with Crippen molar-refractivity contribution in [2.45, 2.75) is 65.1 Å². The fraction of sp³-hybridized carbons (Fsp3) is 1.00. The highest BCUT2D eigenvalue weighted by Crippen LogP contribution is 2.43. The first kappa shape index (κ1) is 16.1. The number of hydrogen-bond donors (Lipinski definition) is 0. The molecule has 0 bridgehead atoms. The topological polar surface area (TPSA) is 9.23 Å². The van der Waals surface area contributed by atoms with Crippen molar-refractivity contribution in [2.75, 3.05) is 6.61 Å². The number of rotatable bonds is 3. The van der Waals surface area contributed by atoms with E-state index in [0.29, 0.717) is 6.61 Å². The van der Waals surface area contributed by atoms with Crippen molar-refractivity contribution in [3.63, 3.8) is 0 Å². The van der Waals surface area contributed by atoms with Gasteiger partial charge >= 0.3 is 0 Å². The summed E-state index contributed by atoms with van der Waals surface area (Å²) >= 11 is 0. The standard InChI is InChI=1S/C14H28F2OSi/c1-9-10(2)12(15)13(16)11(9)8-17-18(6,7)14(3,4)5/h9-13H,8H2,1-7H3/t9-,10?,11+,12?,13?/m1/s1. The molecule has 1 aliphatic rings. The molecule has 0 N–H and O–H groups in total. The molecule has 0 aromatic carbocycles. The van der Waals surface area contributed by atoms with Crippen LogP contribution in [0, 0.1) is 17.8 Å². The van der Waals surface area contributed by atoms with Gasteiger partial charge in [0.1, 0.15) is 12.3 Å². The molecule has 0 aromatic heterocycles. The largest absolute Gasteiger partial charge is 0.416 e. The Bertz CT molecular complexity index is 274. The summed E-state index contributed by atoms with van der Waals surface area (Å²) in [6, 6.07) is 0. The van der Waals surface area contributed by atoms with Gasteiger partial charge in [-0.15, -0.1) is 0 Å². The molecule has 0 saturated heterocycles. The highest BCUT2D eigenvalue weighted by atomic mass is 28.4. The van der Waals surface area contributed by atoms with Crippen molar-refractivity contribution >= 4 is 8.32 Å². The van der Waals surface area contributed by atoms with Gasteiger partial charge in [0.05, 0.1) is 0 Å². The summed E-state index contributed by atoms with van der Waals surface area (Å²) in [6.45, 7) is 14.9. The van der Waals surface area contributed by atoms with E-state index in [1.54, 1.807) is 6.92 Å². The second kappa shape index (κ2) is 5.20. The van der Waals surface area contributed by atoms with Crippen LogP contribution in [0.3, 0.4) is 0 Å². The summed E-state index contributed by atoms with van der Waals surface area (Å²) in [5.41, 5.74) is 0. The lowest BCUT2D eigenvalue weighted by Gasteiger charge is -2.37. The molecule has 0 heterocycles. The van der Waals surface area contributed by atoms with Crippen LogP contribution >= 0.6 is 0 Å². The zero-order chi connectivity index (χ0) is 14.3. The second-order valence-electron chi connectivity index (χ2n) is 7.34. The number of alkyl halides is 2. The molecular formula is C14H28F2OSi. The van der Waals surface area contributed by atoms with Crippen LogP contribution in [0.15, 0.2) is 0 Å². The summed E-state index contributed by atoms with van der Waals surface area (Å²) in [5, 5.41) is 0.112. The van der Waals surface area contributed by atoms with Crippen LogP contribution in [-0.2, 0) is 4.43 Å². The predicted octanol–water partition coefficient (Wildman–Crippen LogP) is 4.59. The summed E-state index contributed by atoms with van der Waals surface area (Å²) in [7, 11) is -1.86. The molecule has 5 atom stereocenters. The molecule has 0 spiro atoms. The fourth-order valence-electron chi connectivity index (χ4n) is 2.26. The maximum atomic E-state index is 13.9. The zero-order valence-electron chi connectivity index (χ0n) is 12.8. The SMILES string of the molecule is CC1C(F)C(F)[C@@H](CO[Si](C)(C)C(C)(C)C)[C@@H]1C. The lowest BCUT2D eigenvalue weighted by molar-refractivity contribution is 0.110. The van der Waals surface area contributed by atoms with Gasteiger partial charge in [0.25, 0.3) is 0 Å². The van der Waals surface area contributed by atoms with Gasteiger partial charge in [-0.05, 0) is 30.0 Å². The number of hydrogen-bond acceptors (Lipinski definition) is 1. The smallest absolute Gasteiger partial charge is 0.191 e. The van der Waals surface area contributed by atoms with E-state index in [9.17, 15) is 8.78 Å². The Hall–Kier alpha value is 0.0369. The van der Waals surface area contributed by atoms with Crippen LogP contribution in [0.1, 0.15) is 34.6 Å². The monoisotopic (exact) mass is 278 g/mol. The van der Waals surface area contributed by atoms with Gasteiger partial charge in [-0.25, -0.2) is 8.78 Å². The third-order valence-electron chi connectivity index (χ3n) is 5.16. The molecule has 3 unspecified atom stereocenters. The van der Waals surface area contributed by atoms with E-state index < -0.39 is 20.7 Å². The van der Waals surface area contributed by atoms with E-state index in [0.717, 1.165) is 0 Å². The third-order valence-corrected chi connectivity index (χ3v) is 9.66. The average Bonchev–Trinajstić information content (AvgIpc) is 2.40. The Kier molecular flexibility index (Phi) is 4.65. The third kappa shape index (κ3) is 2.95. The van der Waals surface area contributed by atoms with Crippen LogP contribution in [0.2, 0.25) is 18.1 Å². The van der Waals surface area contributed by atoms with Crippen molar-refractivity contribution in [3.05, 3.63) is 0 Å². The minimum absolute atomic E-state index is 0.0553. The van der Waals surface area contributed by atoms with Crippen LogP contribution < -0.4 is 0 Å². The normalized spacial score (nSPS) is 38.2. The fourth-order valence-corrected chi connectivity index (χ4v) is 3.30. The van der Waals surface area contributed by atoms with Gasteiger partial charge in [-0.3, -0.25) is 0 Å². The minimum atomic E-state index is -1.86. The zero-order valence-corrected chi connectivity index (χ0v) is 13.8. The molecule has 18 heavy (non-hydrogen) atoms. The molecule has 4 heteroatoms. The molecule has 1 saturated carbocycles. The highest BCUT2D eigenvalue weighted by molar-refractivity contribution is 6.74.